The number of non-ortho nitro benzene ring substituents is 1. The highest BCUT2D eigenvalue weighted by Crippen LogP contribution is 2.27. The average Bonchev–Trinajstić information content (AvgIpc) is 3.13. The fourth-order valence-electron chi connectivity index (χ4n) is 2.54. The van der Waals surface area contributed by atoms with Crippen molar-refractivity contribution in [3.8, 4) is 11.3 Å². The molecule has 0 saturated carbocycles. The first-order valence-corrected chi connectivity index (χ1v) is 9.12. The van der Waals surface area contributed by atoms with Gasteiger partial charge < -0.3 is 15.1 Å². The van der Waals surface area contributed by atoms with Crippen molar-refractivity contribution >= 4 is 34.6 Å². The lowest BCUT2D eigenvalue weighted by Crippen LogP contribution is -2.21. The van der Waals surface area contributed by atoms with E-state index in [1.807, 2.05) is 6.07 Å². The summed E-state index contributed by atoms with van der Waals surface area (Å²) in [6, 6.07) is 12.3. The van der Waals surface area contributed by atoms with Crippen molar-refractivity contribution in [1.82, 2.24) is 5.32 Å². The fourth-order valence-corrected chi connectivity index (χ4v) is 2.96. The van der Waals surface area contributed by atoms with Crippen molar-refractivity contribution in [1.29, 1.82) is 0 Å². The van der Waals surface area contributed by atoms with Crippen LogP contribution in [0.4, 0.5) is 15.8 Å². The number of rotatable bonds is 8. The lowest BCUT2D eigenvalue weighted by atomic mass is 10.2. The Morgan fingerprint density at radius 1 is 1.04 bits per heavy atom. The predicted octanol–water partition coefficient (Wildman–Crippen LogP) is 5.50. The Hall–Kier alpha value is -2.61. The highest BCUT2D eigenvalue weighted by Gasteiger charge is 2.09. The van der Waals surface area contributed by atoms with E-state index in [9.17, 15) is 14.5 Å². The minimum atomic E-state index is -0.491. The molecular formula is C19H16Cl2FN3O3. The van der Waals surface area contributed by atoms with Crippen LogP contribution in [-0.4, -0.2) is 18.0 Å². The zero-order valence-electron chi connectivity index (χ0n) is 14.5. The van der Waals surface area contributed by atoms with Crippen LogP contribution in [0.3, 0.4) is 0 Å². The molecule has 3 rings (SSSR count). The third-order valence-electron chi connectivity index (χ3n) is 3.95. The zero-order valence-corrected chi connectivity index (χ0v) is 16.1. The first kappa shape index (κ1) is 20.1. The quantitative estimate of drug-likeness (QED) is 0.284. The van der Waals surface area contributed by atoms with E-state index in [-0.39, 0.29) is 10.7 Å². The lowest BCUT2D eigenvalue weighted by molar-refractivity contribution is -0.384. The second-order valence-electron chi connectivity index (χ2n) is 5.92. The zero-order chi connectivity index (χ0) is 20.1. The lowest BCUT2D eigenvalue weighted by Gasteiger charge is -2.08. The van der Waals surface area contributed by atoms with Crippen LogP contribution in [0, 0.1) is 15.9 Å². The summed E-state index contributed by atoms with van der Waals surface area (Å²) in [5.74, 6) is 0.859. The van der Waals surface area contributed by atoms with Gasteiger partial charge in [0, 0.05) is 30.8 Å². The van der Waals surface area contributed by atoms with Crippen LogP contribution in [0.2, 0.25) is 10.0 Å². The Bertz CT molecular complexity index is 994. The van der Waals surface area contributed by atoms with Gasteiger partial charge in [0.05, 0.1) is 27.2 Å². The number of halogens is 3. The van der Waals surface area contributed by atoms with E-state index in [2.05, 4.69) is 10.6 Å². The second-order valence-corrected chi connectivity index (χ2v) is 6.73. The molecule has 0 amide bonds. The van der Waals surface area contributed by atoms with Gasteiger partial charge in [0.1, 0.15) is 17.3 Å². The summed E-state index contributed by atoms with van der Waals surface area (Å²) in [4.78, 5) is 10.2. The second kappa shape index (κ2) is 9.05. The molecule has 3 aromatic rings. The highest BCUT2D eigenvalue weighted by atomic mass is 35.5. The van der Waals surface area contributed by atoms with Crippen LogP contribution in [0.15, 0.2) is 52.9 Å². The smallest absolute Gasteiger partial charge is 0.271 e. The largest absolute Gasteiger partial charge is 0.460 e. The molecule has 0 aliphatic carbocycles. The van der Waals surface area contributed by atoms with E-state index in [0.29, 0.717) is 41.7 Å². The van der Waals surface area contributed by atoms with Crippen LogP contribution < -0.4 is 10.6 Å². The van der Waals surface area contributed by atoms with Gasteiger partial charge in [0.2, 0.25) is 0 Å². The summed E-state index contributed by atoms with van der Waals surface area (Å²) in [5, 5.41) is 17.4. The summed E-state index contributed by atoms with van der Waals surface area (Å²) in [6.07, 6.45) is 0. The molecule has 0 radical (unpaired) electrons. The van der Waals surface area contributed by atoms with Gasteiger partial charge in [-0.3, -0.25) is 10.1 Å². The van der Waals surface area contributed by atoms with Crippen molar-refractivity contribution in [3.05, 3.63) is 80.3 Å². The van der Waals surface area contributed by atoms with Crippen LogP contribution in [0.25, 0.3) is 11.3 Å². The van der Waals surface area contributed by atoms with E-state index in [4.69, 9.17) is 27.6 Å². The van der Waals surface area contributed by atoms with E-state index in [0.717, 1.165) is 5.76 Å². The number of furan rings is 1. The molecule has 2 aromatic carbocycles. The van der Waals surface area contributed by atoms with Gasteiger partial charge in [-0.2, -0.15) is 0 Å². The summed E-state index contributed by atoms with van der Waals surface area (Å²) in [5.41, 5.74) is 1.28. The highest BCUT2D eigenvalue weighted by molar-refractivity contribution is 6.33. The maximum absolute atomic E-state index is 13.2. The molecule has 0 bridgehead atoms. The number of nitrogens with one attached hydrogen (secondary N) is 2. The van der Waals surface area contributed by atoms with Gasteiger partial charge in [-0.1, -0.05) is 23.2 Å². The molecule has 1 aromatic heterocycles. The Labute approximate surface area is 170 Å². The van der Waals surface area contributed by atoms with Gasteiger partial charge in [0.15, 0.2) is 0 Å². The maximum atomic E-state index is 13.2. The minimum Gasteiger partial charge on any atom is -0.460 e. The number of hydrogen-bond donors (Lipinski definition) is 2. The van der Waals surface area contributed by atoms with Gasteiger partial charge in [-0.25, -0.2) is 4.39 Å². The molecule has 0 fully saturated rings. The molecule has 0 spiro atoms. The first-order chi connectivity index (χ1) is 13.4. The summed E-state index contributed by atoms with van der Waals surface area (Å²) >= 11 is 11.8. The number of hydrogen-bond acceptors (Lipinski definition) is 5. The van der Waals surface area contributed by atoms with Crippen molar-refractivity contribution in [2.45, 2.75) is 6.54 Å². The van der Waals surface area contributed by atoms with Crippen molar-refractivity contribution in [2.75, 3.05) is 18.4 Å². The standard InChI is InChI=1S/C19H16Cl2FN3O3/c20-15-9-12(1-4-17(15)22)19-6-3-14(28-19)11-23-7-8-24-18-5-2-13(25(26)27)10-16(18)21/h1-6,9-10,23-24H,7-8,11H2. The molecule has 0 saturated heterocycles. The van der Waals surface area contributed by atoms with Crippen LogP contribution in [-0.2, 0) is 6.54 Å². The molecule has 6 nitrogen and oxygen atoms in total. The van der Waals surface area contributed by atoms with Crippen molar-refractivity contribution in [2.24, 2.45) is 0 Å². The van der Waals surface area contributed by atoms with Crippen molar-refractivity contribution in [3.63, 3.8) is 0 Å². The van der Waals surface area contributed by atoms with Crippen LogP contribution in [0.5, 0.6) is 0 Å². The monoisotopic (exact) mass is 423 g/mol. The third kappa shape index (κ3) is 5.01. The minimum absolute atomic E-state index is 0.0459. The molecule has 1 heterocycles. The Morgan fingerprint density at radius 2 is 1.86 bits per heavy atom. The molecule has 0 unspecified atom stereocenters. The normalized spacial score (nSPS) is 10.8. The Kier molecular flexibility index (Phi) is 6.51. The number of benzene rings is 2. The van der Waals surface area contributed by atoms with E-state index >= 15 is 0 Å². The number of nitro benzene ring substituents is 1. The summed E-state index contributed by atoms with van der Waals surface area (Å²) < 4.78 is 19.0. The van der Waals surface area contributed by atoms with E-state index in [1.165, 1.54) is 24.3 Å². The number of anilines is 1. The molecule has 0 aliphatic heterocycles. The molecule has 0 aliphatic rings. The number of nitro groups is 1. The first-order valence-electron chi connectivity index (χ1n) is 8.36. The van der Waals surface area contributed by atoms with Gasteiger partial charge in [0.25, 0.3) is 5.69 Å². The van der Waals surface area contributed by atoms with Gasteiger partial charge >= 0.3 is 0 Å². The summed E-state index contributed by atoms with van der Waals surface area (Å²) in [6.45, 7) is 1.69. The SMILES string of the molecule is O=[N+]([O-])c1ccc(NCCNCc2ccc(-c3ccc(F)c(Cl)c3)o2)c(Cl)c1. The predicted molar refractivity (Wildman–Crippen MR) is 107 cm³/mol. The van der Waals surface area contributed by atoms with E-state index < -0.39 is 10.7 Å². The van der Waals surface area contributed by atoms with Gasteiger partial charge in [-0.15, -0.1) is 0 Å². The average molecular weight is 424 g/mol. The number of nitrogens with zero attached hydrogens (tertiary/aromatic N) is 1. The van der Waals surface area contributed by atoms with E-state index in [1.54, 1.807) is 18.2 Å². The maximum Gasteiger partial charge on any atom is 0.271 e. The van der Waals surface area contributed by atoms with Crippen molar-refractivity contribution < 1.29 is 13.7 Å². The molecular weight excluding hydrogens is 408 g/mol. The van der Waals surface area contributed by atoms with Gasteiger partial charge in [-0.05, 0) is 36.4 Å². The topological polar surface area (TPSA) is 80.3 Å². The fraction of sp³-hybridized carbons (Fsp3) is 0.158. The summed E-state index contributed by atoms with van der Waals surface area (Å²) in [7, 11) is 0. The Balaban J connectivity index is 1.46. The van der Waals surface area contributed by atoms with Crippen LogP contribution in [0.1, 0.15) is 5.76 Å². The molecule has 0 atom stereocenters. The third-order valence-corrected chi connectivity index (χ3v) is 4.55. The Morgan fingerprint density at radius 3 is 2.57 bits per heavy atom. The molecule has 9 heteroatoms. The molecule has 146 valence electrons. The van der Waals surface area contributed by atoms with Crippen LogP contribution >= 0.6 is 23.2 Å². The molecule has 2 N–H and O–H groups in total. The molecule has 28 heavy (non-hydrogen) atoms.